The Kier molecular flexibility index (Phi) is 10.0. The maximum atomic E-state index is 13.5. The Balaban J connectivity index is 0.00000507. The first-order valence-corrected chi connectivity index (χ1v) is 12.2. The molecule has 0 aliphatic carbocycles. The lowest BCUT2D eigenvalue weighted by atomic mass is 9.84. The average molecular weight is 549 g/mol. The van der Waals surface area contributed by atoms with Crippen LogP contribution in [0.1, 0.15) is 65.2 Å². The van der Waals surface area contributed by atoms with E-state index in [-0.39, 0.29) is 55.0 Å². The largest absolute Gasteiger partial charge is 0.493 e. The number of amides is 1. The van der Waals surface area contributed by atoms with Gasteiger partial charge < -0.3 is 19.9 Å². The van der Waals surface area contributed by atoms with Crippen LogP contribution in [0.25, 0.3) is 5.65 Å². The molecule has 1 amide bonds. The number of carbonyl (C=O) groups excluding carboxylic acids is 2. The monoisotopic (exact) mass is 548 g/mol. The lowest BCUT2D eigenvalue weighted by Crippen LogP contribution is -2.30. The van der Waals surface area contributed by atoms with Crippen LogP contribution in [0.15, 0.2) is 17.1 Å². The van der Waals surface area contributed by atoms with Crippen LogP contribution in [0.2, 0.25) is 0 Å². The van der Waals surface area contributed by atoms with Crippen molar-refractivity contribution in [3.05, 3.63) is 45.7 Å². The molecule has 0 aliphatic heterocycles. The number of rotatable bonds is 9. The second-order valence-corrected chi connectivity index (χ2v) is 9.68. The van der Waals surface area contributed by atoms with Crippen LogP contribution in [0.5, 0.6) is 11.5 Å². The Morgan fingerprint density at radius 3 is 2.39 bits per heavy atom. The molecule has 2 aromatic heterocycles. The molecule has 11 nitrogen and oxygen atoms in total. The van der Waals surface area contributed by atoms with Crippen molar-refractivity contribution in [2.75, 3.05) is 33.9 Å². The fourth-order valence-electron chi connectivity index (χ4n) is 4.05. The smallest absolute Gasteiger partial charge is 0.272 e. The zero-order valence-electron chi connectivity index (χ0n) is 23.2. The van der Waals surface area contributed by atoms with Crippen LogP contribution in [0, 0.1) is 13.8 Å². The summed E-state index contributed by atoms with van der Waals surface area (Å²) in [6.45, 7) is 11.8. The zero-order valence-corrected chi connectivity index (χ0v) is 24.0. The minimum atomic E-state index is -0.340. The Hall–Kier alpha value is -3.44. The molecule has 0 saturated heterocycles. The van der Waals surface area contributed by atoms with Gasteiger partial charge in [0.05, 0.1) is 13.7 Å². The number of aromatic nitrogens is 4. The first kappa shape index (κ1) is 30.8. The summed E-state index contributed by atoms with van der Waals surface area (Å²) in [6.07, 6.45) is 0. The summed E-state index contributed by atoms with van der Waals surface area (Å²) >= 11 is 0. The van der Waals surface area contributed by atoms with E-state index >= 15 is 0 Å². The number of aryl methyl sites for hydroxylation is 1. The predicted octanol–water partition coefficient (Wildman–Crippen LogP) is 2.41. The van der Waals surface area contributed by atoms with Gasteiger partial charge in [-0.15, -0.1) is 17.5 Å². The number of aliphatic hydroxyl groups is 1. The van der Waals surface area contributed by atoms with Crippen molar-refractivity contribution in [1.29, 1.82) is 0 Å². The molecule has 0 spiro atoms. The number of carbonyl (C=O) groups is 2. The molecule has 0 saturated carbocycles. The lowest BCUT2D eigenvalue weighted by molar-refractivity contribution is 0.0944. The maximum Gasteiger partial charge on any atom is 0.272 e. The molecule has 38 heavy (non-hydrogen) atoms. The number of halogens is 1. The number of nitrogens with zero attached hydrogens (tertiary/aromatic N) is 5. The molecule has 0 unspecified atom stereocenters. The van der Waals surface area contributed by atoms with E-state index in [2.05, 4.69) is 20.5 Å². The highest BCUT2D eigenvalue weighted by atomic mass is 35.5. The van der Waals surface area contributed by atoms with E-state index in [1.54, 1.807) is 26.3 Å². The van der Waals surface area contributed by atoms with E-state index in [1.807, 2.05) is 41.5 Å². The Morgan fingerprint density at radius 2 is 1.84 bits per heavy atom. The number of hydrogen-bond donors (Lipinski definition) is 2. The third-order valence-corrected chi connectivity index (χ3v) is 6.07. The van der Waals surface area contributed by atoms with Crippen molar-refractivity contribution in [3.63, 3.8) is 0 Å². The molecule has 0 radical (unpaired) electrons. The molecule has 3 aromatic rings. The van der Waals surface area contributed by atoms with E-state index in [4.69, 9.17) is 9.47 Å². The standard InChI is InChI=1S/C26H36N6O5.ClH/c1-9-28-24(35)21-15(2)16(3)23-30-31(25(27-7)32(23)29-21)14-19(34)17-12-18(26(4,5)6)22(36-8)20(13-17)37-11-10-33;/h12-13,33H,9-11,14H2,1-8H3,(H,28,35);1H. The fourth-order valence-corrected chi connectivity index (χ4v) is 4.05. The minimum Gasteiger partial charge on any atom is -0.493 e. The number of aliphatic hydroxyl groups excluding tert-OH is 1. The van der Waals surface area contributed by atoms with Crippen molar-refractivity contribution < 1.29 is 24.2 Å². The summed E-state index contributed by atoms with van der Waals surface area (Å²) in [5.41, 5.74) is 3.47. The van der Waals surface area contributed by atoms with Crippen LogP contribution in [0.4, 0.5) is 0 Å². The lowest BCUT2D eigenvalue weighted by Gasteiger charge is -2.25. The number of methoxy groups -OCH3 is 1. The van der Waals surface area contributed by atoms with Gasteiger partial charge in [-0.2, -0.15) is 9.61 Å². The van der Waals surface area contributed by atoms with E-state index in [1.165, 1.54) is 9.20 Å². The van der Waals surface area contributed by atoms with Crippen molar-refractivity contribution in [1.82, 2.24) is 24.7 Å². The highest BCUT2D eigenvalue weighted by Gasteiger charge is 2.26. The second-order valence-electron chi connectivity index (χ2n) is 9.68. The first-order chi connectivity index (χ1) is 17.5. The quantitative estimate of drug-likeness (QED) is 0.392. The average Bonchev–Trinajstić information content (AvgIpc) is 3.20. The topological polar surface area (TPSA) is 132 Å². The molecule has 208 valence electrons. The highest BCUT2D eigenvalue weighted by molar-refractivity contribution is 5.97. The van der Waals surface area contributed by atoms with Gasteiger partial charge in [-0.25, -0.2) is 4.68 Å². The summed E-state index contributed by atoms with van der Waals surface area (Å²) in [7, 11) is 3.13. The van der Waals surface area contributed by atoms with Crippen LogP contribution >= 0.6 is 12.4 Å². The molecule has 2 N–H and O–H groups in total. The summed E-state index contributed by atoms with van der Waals surface area (Å²) in [5.74, 6) is 0.396. The van der Waals surface area contributed by atoms with Gasteiger partial charge >= 0.3 is 0 Å². The Morgan fingerprint density at radius 1 is 1.16 bits per heavy atom. The van der Waals surface area contributed by atoms with Crippen molar-refractivity contribution in [2.24, 2.45) is 4.99 Å². The Labute approximate surface area is 228 Å². The van der Waals surface area contributed by atoms with Crippen LogP contribution in [-0.2, 0) is 12.0 Å². The fraction of sp³-hybridized carbons (Fsp3) is 0.500. The molecule has 3 rings (SSSR count). The molecule has 12 heteroatoms. The molecule has 0 atom stereocenters. The van der Waals surface area contributed by atoms with Gasteiger partial charge in [-0.3, -0.25) is 14.6 Å². The second kappa shape index (κ2) is 12.4. The van der Waals surface area contributed by atoms with Crippen LogP contribution in [0.3, 0.4) is 0 Å². The van der Waals surface area contributed by atoms with Crippen molar-refractivity contribution in [2.45, 2.75) is 53.5 Å². The third kappa shape index (κ3) is 5.99. The minimum absolute atomic E-state index is 0. The van der Waals surface area contributed by atoms with Gasteiger partial charge in [0.2, 0.25) is 5.62 Å². The summed E-state index contributed by atoms with van der Waals surface area (Å²) in [4.78, 5) is 30.4. The van der Waals surface area contributed by atoms with Gasteiger partial charge in [-0.1, -0.05) is 20.8 Å². The summed E-state index contributed by atoms with van der Waals surface area (Å²) in [5, 5.41) is 21.1. The summed E-state index contributed by atoms with van der Waals surface area (Å²) < 4.78 is 14.3. The zero-order chi connectivity index (χ0) is 27.5. The predicted molar refractivity (Wildman–Crippen MR) is 146 cm³/mol. The number of fused-ring (bicyclic) bond motifs is 1. The molecular formula is C26H37ClN6O5. The molecule has 0 aliphatic rings. The highest BCUT2D eigenvalue weighted by Crippen LogP contribution is 2.40. The van der Waals surface area contributed by atoms with E-state index in [0.717, 1.165) is 11.1 Å². The first-order valence-electron chi connectivity index (χ1n) is 12.2. The number of hydrogen-bond acceptors (Lipinski definition) is 8. The molecule has 0 bridgehead atoms. The SMILES string of the molecule is CCNC(=O)c1nn2c(=NC)n(CC(=O)c3cc(OCCO)c(OC)c(C(C)(C)C)c3)nc2c(C)c1C.Cl. The molecule has 2 heterocycles. The van der Waals surface area contributed by atoms with Crippen LogP contribution in [-0.4, -0.2) is 70.1 Å². The van der Waals surface area contributed by atoms with Crippen molar-refractivity contribution in [3.8, 4) is 11.5 Å². The normalized spacial score (nSPS) is 11.9. The molecule has 1 aromatic carbocycles. The number of ketones is 1. The van der Waals surface area contributed by atoms with E-state index in [0.29, 0.717) is 40.4 Å². The Bertz CT molecular complexity index is 1400. The van der Waals surface area contributed by atoms with Gasteiger partial charge in [0, 0.05) is 30.3 Å². The van der Waals surface area contributed by atoms with Gasteiger partial charge in [0.25, 0.3) is 5.91 Å². The van der Waals surface area contributed by atoms with Crippen LogP contribution < -0.4 is 20.4 Å². The number of benzene rings is 1. The third-order valence-electron chi connectivity index (χ3n) is 6.07. The van der Waals surface area contributed by atoms with E-state index < -0.39 is 0 Å². The summed E-state index contributed by atoms with van der Waals surface area (Å²) in [6, 6.07) is 3.42. The van der Waals surface area contributed by atoms with Gasteiger partial charge in [0.15, 0.2) is 28.6 Å². The number of ether oxygens (including phenoxy) is 2. The van der Waals surface area contributed by atoms with Gasteiger partial charge in [-0.05, 0) is 43.9 Å². The number of nitrogens with one attached hydrogen (secondary N) is 1. The van der Waals surface area contributed by atoms with Crippen molar-refractivity contribution >= 4 is 29.7 Å². The van der Waals surface area contributed by atoms with E-state index in [9.17, 15) is 14.7 Å². The molecule has 0 fully saturated rings. The van der Waals surface area contributed by atoms with Gasteiger partial charge in [0.1, 0.15) is 13.2 Å². The molecular weight excluding hydrogens is 512 g/mol. The maximum absolute atomic E-state index is 13.5. The number of Topliss-reactive ketones (excluding diaryl/α,β-unsaturated/α-hetero) is 1.